The summed E-state index contributed by atoms with van der Waals surface area (Å²) in [5, 5.41) is 6.78. The normalized spacial score (nSPS) is 23.2. The van der Waals surface area contributed by atoms with Gasteiger partial charge in [-0.3, -0.25) is 4.99 Å². The third kappa shape index (κ3) is 4.00. The Kier molecular flexibility index (Phi) is 4.45. The monoisotopic (exact) mass is 224 g/mol. The Hall–Kier alpha value is -0.770. The number of nitrogens with zero attached hydrogens (tertiary/aromatic N) is 2. The first-order valence-corrected chi connectivity index (χ1v) is 6.58. The molecule has 1 aliphatic carbocycles. The van der Waals surface area contributed by atoms with Crippen molar-refractivity contribution in [2.75, 3.05) is 33.2 Å². The van der Waals surface area contributed by atoms with Gasteiger partial charge in [0.25, 0.3) is 0 Å². The molecular formula is C12H24N4. The summed E-state index contributed by atoms with van der Waals surface area (Å²) in [5.74, 6) is 0.972. The molecule has 0 aromatic heterocycles. The molecule has 1 saturated heterocycles. The molecule has 4 heteroatoms. The van der Waals surface area contributed by atoms with Crippen molar-refractivity contribution in [3.63, 3.8) is 0 Å². The molecular weight excluding hydrogens is 200 g/mol. The molecule has 0 amide bonds. The van der Waals surface area contributed by atoms with E-state index in [0.29, 0.717) is 6.04 Å². The molecule has 0 aromatic rings. The summed E-state index contributed by atoms with van der Waals surface area (Å²) in [6, 6.07) is 0.682. The smallest absolute Gasteiger partial charge is 0.191 e. The number of hydrogen-bond acceptors (Lipinski definition) is 2. The molecule has 0 unspecified atom stereocenters. The van der Waals surface area contributed by atoms with Gasteiger partial charge in [0.1, 0.15) is 0 Å². The zero-order chi connectivity index (χ0) is 11.2. The highest BCUT2D eigenvalue weighted by molar-refractivity contribution is 5.80. The van der Waals surface area contributed by atoms with Crippen molar-refractivity contribution in [2.45, 2.75) is 38.1 Å². The predicted octanol–water partition coefficient (Wildman–Crippen LogP) is 0.800. The maximum Gasteiger partial charge on any atom is 0.191 e. The van der Waals surface area contributed by atoms with Crippen molar-refractivity contribution in [3.8, 4) is 0 Å². The maximum atomic E-state index is 4.23. The summed E-state index contributed by atoms with van der Waals surface area (Å²) < 4.78 is 0. The van der Waals surface area contributed by atoms with Gasteiger partial charge in [0, 0.05) is 26.2 Å². The quantitative estimate of drug-likeness (QED) is 0.548. The van der Waals surface area contributed by atoms with Crippen molar-refractivity contribution in [1.29, 1.82) is 0 Å². The lowest BCUT2D eigenvalue weighted by molar-refractivity contribution is 0.232. The molecule has 92 valence electrons. The minimum absolute atomic E-state index is 0.682. The lowest BCUT2D eigenvalue weighted by atomic mass is 10.1. The number of rotatable bonds is 4. The first-order valence-electron chi connectivity index (χ1n) is 6.58. The van der Waals surface area contributed by atoms with Crippen LogP contribution in [-0.4, -0.2) is 50.1 Å². The van der Waals surface area contributed by atoms with Gasteiger partial charge in [0.05, 0.1) is 0 Å². The summed E-state index contributed by atoms with van der Waals surface area (Å²) in [6.45, 7) is 4.70. The zero-order valence-electron chi connectivity index (χ0n) is 10.3. The summed E-state index contributed by atoms with van der Waals surface area (Å²) in [6.07, 6.45) is 6.75. The molecule has 2 rings (SSSR count). The van der Waals surface area contributed by atoms with Gasteiger partial charge in [0.15, 0.2) is 5.96 Å². The first-order chi connectivity index (χ1) is 7.88. The van der Waals surface area contributed by atoms with E-state index in [2.05, 4.69) is 20.5 Å². The average Bonchev–Trinajstić information content (AvgIpc) is 3.13. The average molecular weight is 224 g/mol. The molecule has 0 aromatic carbocycles. The van der Waals surface area contributed by atoms with Gasteiger partial charge < -0.3 is 15.5 Å². The van der Waals surface area contributed by atoms with Gasteiger partial charge in [-0.15, -0.1) is 0 Å². The highest BCUT2D eigenvalue weighted by Gasteiger charge is 2.22. The van der Waals surface area contributed by atoms with Crippen LogP contribution in [0.5, 0.6) is 0 Å². The second-order valence-electron chi connectivity index (χ2n) is 4.82. The lowest BCUT2D eigenvalue weighted by Crippen LogP contribution is -2.43. The molecule has 2 aliphatic rings. The van der Waals surface area contributed by atoms with Crippen LogP contribution in [0.2, 0.25) is 0 Å². The van der Waals surface area contributed by atoms with E-state index in [4.69, 9.17) is 0 Å². The first kappa shape index (κ1) is 11.7. The molecule has 4 nitrogen and oxygen atoms in total. The molecule has 2 N–H and O–H groups in total. The third-order valence-corrected chi connectivity index (χ3v) is 3.31. The fourth-order valence-corrected chi connectivity index (χ4v) is 2.13. The molecule has 0 spiro atoms. The molecule has 1 saturated carbocycles. The van der Waals surface area contributed by atoms with Gasteiger partial charge >= 0.3 is 0 Å². The standard InChI is InChI=1S/C12H24N4/c1-13-12(15-11-5-6-11)14-7-10-16-8-3-2-4-9-16/h11H,2-10H2,1H3,(H2,13,14,15). The van der Waals surface area contributed by atoms with Crippen LogP contribution in [-0.2, 0) is 0 Å². The zero-order valence-corrected chi connectivity index (χ0v) is 10.3. The number of hydrogen-bond donors (Lipinski definition) is 2. The fraction of sp³-hybridized carbons (Fsp3) is 0.917. The third-order valence-electron chi connectivity index (χ3n) is 3.31. The number of piperidine rings is 1. The summed E-state index contributed by atoms with van der Waals surface area (Å²) in [7, 11) is 1.85. The predicted molar refractivity (Wildman–Crippen MR) is 67.8 cm³/mol. The van der Waals surface area contributed by atoms with Crippen molar-refractivity contribution in [1.82, 2.24) is 15.5 Å². The Bertz CT molecular complexity index is 229. The molecule has 2 fully saturated rings. The summed E-state index contributed by atoms with van der Waals surface area (Å²) in [4.78, 5) is 6.77. The maximum absolute atomic E-state index is 4.23. The van der Waals surface area contributed by atoms with Crippen molar-refractivity contribution in [2.24, 2.45) is 4.99 Å². The SMILES string of the molecule is CN=C(NCCN1CCCCC1)NC1CC1. The number of nitrogens with one attached hydrogen (secondary N) is 2. The molecule has 1 heterocycles. The van der Waals surface area contributed by atoms with E-state index in [0.717, 1.165) is 19.0 Å². The Morgan fingerprint density at radius 2 is 2.00 bits per heavy atom. The fourth-order valence-electron chi connectivity index (χ4n) is 2.13. The Morgan fingerprint density at radius 3 is 2.62 bits per heavy atom. The van der Waals surface area contributed by atoms with E-state index < -0.39 is 0 Å². The van der Waals surface area contributed by atoms with E-state index in [1.165, 1.54) is 45.2 Å². The van der Waals surface area contributed by atoms with Gasteiger partial charge in [-0.05, 0) is 38.8 Å². The van der Waals surface area contributed by atoms with Crippen molar-refractivity contribution in [3.05, 3.63) is 0 Å². The van der Waals surface area contributed by atoms with Crippen LogP contribution in [0.25, 0.3) is 0 Å². The topological polar surface area (TPSA) is 39.7 Å². The molecule has 0 bridgehead atoms. The summed E-state index contributed by atoms with van der Waals surface area (Å²) >= 11 is 0. The minimum Gasteiger partial charge on any atom is -0.355 e. The summed E-state index contributed by atoms with van der Waals surface area (Å²) in [5.41, 5.74) is 0. The van der Waals surface area contributed by atoms with E-state index >= 15 is 0 Å². The number of guanidine groups is 1. The largest absolute Gasteiger partial charge is 0.355 e. The van der Waals surface area contributed by atoms with Crippen LogP contribution in [0.1, 0.15) is 32.1 Å². The second kappa shape index (κ2) is 6.09. The van der Waals surface area contributed by atoms with Crippen LogP contribution in [0, 0.1) is 0 Å². The van der Waals surface area contributed by atoms with Crippen LogP contribution < -0.4 is 10.6 Å². The highest BCUT2D eigenvalue weighted by atomic mass is 15.2. The Balaban J connectivity index is 1.58. The van der Waals surface area contributed by atoms with E-state index in [-0.39, 0.29) is 0 Å². The Labute approximate surface area is 98.5 Å². The molecule has 16 heavy (non-hydrogen) atoms. The van der Waals surface area contributed by atoms with Crippen LogP contribution in [0.3, 0.4) is 0 Å². The van der Waals surface area contributed by atoms with E-state index in [9.17, 15) is 0 Å². The van der Waals surface area contributed by atoms with Gasteiger partial charge in [0.2, 0.25) is 0 Å². The molecule has 0 atom stereocenters. The van der Waals surface area contributed by atoms with Crippen LogP contribution in [0.15, 0.2) is 4.99 Å². The van der Waals surface area contributed by atoms with Crippen LogP contribution >= 0.6 is 0 Å². The second-order valence-corrected chi connectivity index (χ2v) is 4.82. The van der Waals surface area contributed by atoms with E-state index in [1.807, 2.05) is 7.05 Å². The van der Waals surface area contributed by atoms with Crippen molar-refractivity contribution >= 4 is 5.96 Å². The molecule has 1 aliphatic heterocycles. The number of likely N-dealkylation sites (tertiary alicyclic amines) is 1. The van der Waals surface area contributed by atoms with Crippen LogP contribution in [0.4, 0.5) is 0 Å². The van der Waals surface area contributed by atoms with Gasteiger partial charge in [-0.2, -0.15) is 0 Å². The van der Waals surface area contributed by atoms with E-state index in [1.54, 1.807) is 0 Å². The molecule has 0 radical (unpaired) electrons. The van der Waals surface area contributed by atoms with Crippen molar-refractivity contribution < 1.29 is 0 Å². The van der Waals surface area contributed by atoms with Gasteiger partial charge in [-0.25, -0.2) is 0 Å². The minimum atomic E-state index is 0.682. The lowest BCUT2D eigenvalue weighted by Gasteiger charge is -2.26. The Morgan fingerprint density at radius 1 is 1.25 bits per heavy atom. The number of aliphatic imine (C=N–C) groups is 1. The van der Waals surface area contributed by atoms with Gasteiger partial charge in [-0.1, -0.05) is 6.42 Å². The highest BCUT2D eigenvalue weighted by Crippen LogP contribution is 2.18.